The fraction of sp³-hybridized carbons (Fsp3) is 0.400. The number of carbonyl (C=O) groups excluding carboxylic acids is 1. The Bertz CT molecular complexity index is 1350. The van der Waals surface area contributed by atoms with Crippen molar-refractivity contribution in [1.29, 1.82) is 0 Å². The lowest BCUT2D eigenvalue weighted by Crippen LogP contribution is -2.41. The van der Waals surface area contributed by atoms with Crippen molar-refractivity contribution in [2.45, 2.75) is 55.6 Å². The number of likely N-dealkylation sites (N-methyl/N-ethyl adjacent to an activating group) is 1. The number of aryl methyl sites for hydroxylation is 1. The first-order chi connectivity index (χ1) is 16.1. The van der Waals surface area contributed by atoms with Crippen LogP contribution in [0.25, 0.3) is 10.9 Å². The van der Waals surface area contributed by atoms with Crippen LogP contribution in [-0.2, 0) is 14.1 Å². The van der Waals surface area contributed by atoms with Crippen LogP contribution < -0.4 is 10.2 Å². The fourth-order valence-corrected chi connectivity index (χ4v) is 5.12. The minimum absolute atomic E-state index is 0.00522. The molecule has 0 saturated carbocycles. The van der Waals surface area contributed by atoms with E-state index in [0.29, 0.717) is 22.5 Å². The average molecular weight is 598 g/mol. The highest BCUT2D eigenvalue weighted by Gasteiger charge is 2.49. The van der Waals surface area contributed by atoms with E-state index < -0.39 is 32.4 Å². The molecule has 186 valence electrons. The molecule has 35 heavy (non-hydrogen) atoms. The zero-order valence-electron chi connectivity index (χ0n) is 20.2. The highest BCUT2D eigenvalue weighted by Crippen LogP contribution is 2.48. The smallest absolute Gasteiger partial charge is 0.303 e. The molecule has 1 amide bonds. The number of aromatic nitrogens is 2. The van der Waals surface area contributed by atoms with Crippen molar-refractivity contribution < 1.29 is 23.1 Å². The van der Waals surface area contributed by atoms with Crippen molar-refractivity contribution in [3.8, 4) is 0 Å². The van der Waals surface area contributed by atoms with Crippen LogP contribution in [0.3, 0.4) is 0 Å². The number of anilines is 2. The van der Waals surface area contributed by atoms with Crippen molar-refractivity contribution >= 4 is 50.9 Å². The van der Waals surface area contributed by atoms with Crippen molar-refractivity contribution in [2.75, 3.05) is 17.3 Å². The molecule has 1 aromatic heterocycles. The summed E-state index contributed by atoms with van der Waals surface area (Å²) < 4.78 is 44.0. The number of nitrogens with zero attached hydrogens (tertiary/aromatic N) is 3. The standard InChI is InChI=1S/C25H26F3IN4O2/c1-12(14-8-7-9-16(20(14)26)25(27,28)23(3,4)35)30-21-15-10-17-19(11-18(15)31-13(2)32-21)33(6)22(34)24(17,5)29/h7-12,35H,1-6H3,(H,30,31,32)/t12-,24?/m1/s1. The molecule has 2 heterocycles. The molecule has 4 rings (SSSR count). The van der Waals surface area contributed by atoms with E-state index in [9.17, 15) is 18.7 Å². The van der Waals surface area contributed by atoms with Gasteiger partial charge in [0.1, 0.15) is 26.5 Å². The van der Waals surface area contributed by atoms with E-state index in [-0.39, 0.29) is 11.5 Å². The zero-order chi connectivity index (χ0) is 26.1. The second kappa shape index (κ2) is 8.29. The van der Waals surface area contributed by atoms with Crippen LogP contribution in [0, 0.1) is 12.7 Å². The minimum Gasteiger partial charge on any atom is -0.384 e. The van der Waals surface area contributed by atoms with E-state index in [1.54, 1.807) is 25.8 Å². The van der Waals surface area contributed by atoms with Gasteiger partial charge in [0, 0.05) is 23.6 Å². The molecule has 0 spiro atoms. The molecule has 3 aromatic rings. The molecule has 0 saturated heterocycles. The second-order valence-electron chi connectivity index (χ2n) is 9.58. The average Bonchev–Trinajstić information content (AvgIpc) is 2.91. The summed E-state index contributed by atoms with van der Waals surface area (Å²) in [6.07, 6.45) is 0. The Morgan fingerprint density at radius 2 is 1.89 bits per heavy atom. The van der Waals surface area contributed by atoms with Crippen LogP contribution in [0.1, 0.15) is 56.3 Å². The Morgan fingerprint density at radius 1 is 1.23 bits per heavy atom. The lowest BCUT2D eigenvalue weighted by molar-refractivity contribution is -0.170. The molecular formula is C25H26F3IN4O2. The maximum Gasteiger partial charge on any atom is 0.303 e. The van der Waals surface area contributed by atoms with Crippen molar-refractivity contribution in [3.05, 3.63) is 58.7 Å². The van der Waals surface area contributed by atoms with Crippen LogP contribution >= 0.6 is 22.6 Å². The SMILES string of the molecule is Cc1nc(N[C@H](C)c2cccc(C(F)(F)C(C)(C)O)c2F)c2cc3c(cc2n1)N(C)C(=O)C3(C)I. The largest absolute Gasteiger partial charge is 0.384 e. The number of hydrogen-bond donors (Lipinski definition) is 2. The lowest BCUT2D eigenvalue weighted by Gasteiger charge is -2.30. The Kier molecular flexibility index (Phi) is 6.07. The third-order valence-electron chi connectivity index (χ3n) is 6.45. The highest BCUT2D eigenvalue weighted by molar-refractivity contribution is 14.1. The summed E-state index contributed by atoms with van der Waals surface area (Å²) in [7, 11) is 1.71. The molecular weight excluding hydrogens is 572 g/mol. The maximum absolute atomic E-state index is 15.3. The number of alkyl halides is 3. The third kappa shape index (κ3) is 4.04. The van der Waals surface area contributed by atoms with Gasteiger partial charge in [-0.05, 0) is 52.8 Å². The monoisotopic (exact) mass is 598 g/mol. The van der Waals surface area contributed by atoms with Crippen LogP contribution in [0.15, 0.2) is 30.3 Å². The minimum atomic E-state index is -3.80. The molecule has 6 nitrogen and oxygen atoms in total. The lowest BCUT2D eigenvalue weighted by atomic mass is 9.91. The molecule has 0 radical (unpaired) electrons. The van der Waals surface area contributed by atoms with E-state index in [4.69, 9.17) is 0 Å². The van der Waals surface area contributed by atoms with Crippen LogP contribution in [0.4, 0.5) is 24.7 Å². The van der Waals surface area contributed by atoms with Gasteiger partial charge in [-0.15, -0.1) is 0 Å². The number of nitrogens with one attached hydrogen (secondary N) is 1. The summed E-state index contributed by atoms with van der Waals surface area (Å²) in [5.41, 5.74) is -1.16. The summed E-state index contributed by atoms with van der Waals surface area (Å²) in [4.78, 5) is 23.3. The summed E-state index contributed by atoms with van der Waals surface area (Å²) in [5.74, 6) is -4.09. The summed E-state index contributed by atoms with van der Waals surface area (Å²) >= 11 is 2.11. The van der Waals surface area contributed by atoms with E-state index in [0.717, 1.165) is 31.2 Å². The Labute approximate surface area is 215 Å². The predicted octanol–water partition coefficient (Wildman–Crippen LogP) is 5.74. The summed E-state index contributed by atoms with van der Waals surface area (Å²) in [6, 6.07) is 6.66. The molecule has 1 unspecified atom stereocenters. The van der Waals surface area contributed by atoms with Crippen LogP contribution in [0.2, 0.25) is 0 Å². The van der Waals surface area contributed by atoms with E-state index in [1.807, 2.05) is 19.1 Å². The number of aliphatic hydroxyl groups is 1. The van der Waals surface area contributed by atoms with Crippen LogP contribution in [-0.4, -0.2) is 33.6 Å². The molecule has 2 N–H and O–H groups in total. The number of halogens is 4. The molecule has 10 heteroatoms. The van der Waals surface area contributed by atoms with Gasteiger partial charge in [0.2, 0.25) is 5.91 Å². The van der Waals surface area contributed by atoms with Gasteiger partial charge in [-0.2, -0.15) is 8.78 Å². The van der Waals surface area contributed by atoms with E-state index in [2.05, 4.69) is 37.9 Å². The quantitative estimate of drug-likeness (QED) is 0.290. The van der Waals surface area contributed by atoms with Gasteiger partial charge < -0.3 is 15.3 Å². The molecule has 2 aromatic carbocycles. The number of hydrogen-bond acceptors (Lipinski definition) is 5. The van der Waals surface area contributed by atoms with Crippen LogP contribution in [0.5, 0.6) is 0 Å². The Morgan fingerprint density at radius 3 is 2.51 bits per heavy atom. The van der Waals surface area contributed by atoms with Crippen molar-refractivity contribution in [1.82, 2.24) is 9.97 Å². The number of amides is 1. The summed E-state index contributed by atoms with van der Waals surface area (Å²) in [6.45, 7) is 7.07. The molecule has 1 aliphatic heterocycles. The normalized spacial score (nSPS) is 19.3. The second-order valence-corrected chi connectivity index (χ2v) is 11.7. The third-order valence-corrected chi connectivity index (χ3v) is 7.50. The Hall–Kier alpha value is -2.47. The van der Waals surface area contributed by atoms with Gasteiger partial charge in [-0.3, -0.25) is 4.79 Å². The highest BCUT2D eigenvalue weighted by atomic mass is 127. The van der Waals surface area contributed by atoms with E-state index in [1.165, 1.54) is 12.1 Å². The molecule has 0 aliphatic carbocycles. The predicted molar refractivity (Wildman–Crippen MR) is 138 cm³/mol. The van der Waals surface area contributed by atoms with Gasteiger partial charge in [0.05, 0.1) is 22.8 Å². The number of fused-ring (bicyclic) bond motifs is 2. The zero-order valence-corrected chi connectivity index (χ0v) is 22.3. The van der Waals surface area contributed by atoms with E-state index >= 15 is 4.39 Å². The number of benzene rings is 2. The van der Waals surface area contributed by atoms with Gasteiger partial charge in [-0.25, -0.2) is 14.4 Å². The topological polar surface area (TPSA) is 78.4 Å². The fourth-order valence-electron chi connectivity index (χ4n) is 4.32. The number of carbonyl (C=O) groups is 1. The molecule has 2 atom stereocenters. The number of rotatable bonds is 5. The van der Waals surface area contributed by atoms with Gasteiger partial charge >= 0.3 is 5.92 Å². The molecule has 0 fully saturated rings. The van der Waals surface area contributed by atoms with Crippen molar-refractivity contribution in [3.63, 3.8) is 0 Å². The first kappa shape index (κ1) is 25.6. The van der Waals surface area contributed by atoms with Crippen molar-refractivity contribution in [2.24, 2.45) is 0 Å². The summed E-state index contributed by atoms with van der Waals surface area (Å²) in [5, 5.41) is 13.7. The van der Waals surface area contributed by atoms with Gasteiger partial charge in [0.25, 0.3) is 0 Å². The van der Waals surface area contributed by atoms with Gasteiger partial charge in [0.15, 0.2) is 0 Å². The molecule has 0 bridgehead atoms. The Balaban J connectivity index is 1.80. The maximum atomic E-state index is 15.3. The molecule has 1 aliphatic rings. The first-order valence-electron chi connectivity index (χ1n) is 11.0. The van der Waals surface area contributed by atoms with Gasteiger partial charge in [-0.1, -0.05) is 34.7 Å². The first-order valence-corrected chi connectivity index (χ1v) is 12.1.